The lowest BCUT2D eigenvalue weighted by Gasteiger charge is -2.15. The van der Waals surface area contributed by atoms with Crippen molar-refractivity contribution >= 4 is 40.3 Å². The Morgan fingerprint density at radius 2 is 1.86 bits per heavy atom. The van der Waals surface area contributed by atoms with Crippen LogP contribution in [0.2, 0.25) is 5.02 Å². The molecule has 0 atom stereocenters. The number of thiocarbonyl (C=S) groups is 1. The summed E-state index contributed by atoms with van der Waals surface area (Å²) in [6, 6.07) is 9.82. The van der Waals surface area contributed by atoms with E-state index in [1.54, 1.807) is 31.4 Å². The summed E-state index contributed by atoms with van der Waals surface area (Å²) in [5, 5.41) is 6.64. The van der Waals surface area contributed by atoms with Gasteiger partial charge in [0.15, 0.2) is 5.11 Å². The Bertz CT molecular complexity index is 679. The number of para-hydroxylation sites is 1. The number of anilines is 2. The molecule has 0 aliphatic heterocycles. The van der Waals surface area contributed by atoms with E-state index >= 15 is 0 Å². The normalized spacial score (nSPS) is 10.1. The van der Waals surface area contributed by atoms with Crippen molar-refractivity contribution in [2.45, 2.75) is 6.92 Å². The Labute approximate surface area is 133 Å². The molecule has 2 aromatic rings. The van der Waals surface area contributed by atoms with Crippen molar-refractivity contribution < 1.29 is 9.13 Å². The fourth-order valence-electron chi connectivity index (χ4n) is 1.77. The standard InChI is InChI=1S/C15H14ClFN2OS/c1-9-7-13(14(20-2)8-10(9)16)19-15(21)18-12-6-4-3-5-11(12)17/h3-8H,1-2H3,(H2,18,19,21). The molecule has 0 aliphatic rings. The minimum atomic E-state index is -0.374. The summed E-state index contributed by atoms with van der Waals surface area (Å²) in [6.07, 6.45) is 0. The molecular weight excluding hydrogens is 311 g/mol. The van der Waals surface area contributed by atoms with E-state index in [1.165, 1.54) is 6.07 Å². The molecule has 2 N–H and O–H groups in total. The fraction of sp³-hybridized carbons (Fsp3) is 0.133. The zero-order valence-electron chi connectivity index (χ0n) is 11.5. The van der Waals surface area contributed by atoms with Crippen LogP contribution in [0.25, 0.3) is 0 Å². The molecule has 2 rings (SSSR count). The molecule has 0 saturated heterocycles. The van der Waals surface area contributed by atoms with Crippen molar-refractivity contribution in [1.82, 2.24) is 0 Å². The molecule has 0 bridgehead atoms. The number of hydrogen-bond acceptors (Lipinski definition) is 2. The van der Waals surface area contributed by atoms with Crippen LogP contribution in [0.15, 0.2) is 36.4 Å². The summed E-state index contributed by atoms with van der Waals surface area (Å²) in [5.74, 6) is 0.184. The summed E-state index contributed by atoms with van der Waals surface area (Å²) < 4.78 is 18.8. The first-order valence-electron chi connectivity index (χ1n) is 6.18. The van der Waals surface area contributed by atoms with Crippen LogP contribution in [-0.4, -0.2) is 12.2 Å². The summed E-state index contributed by atoms with van der Waals surface area (Å²) in [5.41, 5.74) is 1.85. The molecule has 0 fully saturated rings. The van der Waals surface area contributed by atoms with Gasteiger partial charge in [0.25, 0.3) is 0 Å². The first-order chi connectivity index (χ1) is 10.0. The van der Waals surface area contributed by atoms with E-state index in [2.05, 4.69) is 10.6 Å². The number of rotatable bonds is 3. The van der Waals surface area contributed by atoms with Gasteiger partial charge < -0.3 is 15.4 Å². The van der Waals surface area contributed by atoms with Crippen LogP contribution in [0.5, 0.6) is 5.75 Å². The van der Waals surface area contributed by atoms with Crippen LogP contribution < -0.4 is 15.4 Å². The smallest absolute Gasteiger partial charge is 0.175 e. The highest BCUT2D eigenvalue weighted by molar-refractivity contribution is 7.80. The zero-order valence-corrected chi connectivity index (χ0v) is 13.1. The third-order valence-electron chi connectivity index (χ3n) is 2.85. The molecule has 0 unspecified atom stereocenters. The van der Waals surface area contributed by atoms with Crippen LogP contribution >= 0.6 is 23.8 Å². The van der Waals surface area contributed by atoms with E-state index in [4.69, 9.17) is 28.6 Å². The summed E-state index contributed by atoms with van der Waals surface area (Å²) in [6.45, 7) is 1.88. The molecule has 0 saturated carbocycles. The SMILES string of the molecule is COc1cc(Cl)c(C)cc1NC(=S)Nc1ccccc1F. The van der Waals surface area contributed by atoms with Gasteiger partial charge in [-0.1, -0.05) is 23.7 Å². The van der Waals surface area contributed by atoms with Gasteiger partial charge in [0.2, 0.25) is 0 Å². The average molecular weight is 325 g/mol. The quantitative estimate of drug-likeness (QED) is 0.808. The number of aryl methyl sites for hydroxylation is 1. The molecule has 0 spiro atoms. The second-order valence-corrected chi connectivity index (χ2v) is 5.18. The number of hydrogen-bond donors (Lipinski definition) is 2. The van der Waals surface area contributed by atoms with Gasteiger partial charge in [-0.2, -0.15) is 0 Å². The molecule has 21 heavy (non-hydrogen) atoms. The van der Waals surface area contributed by atoms with Crippen LogP contribution in [-0.2, 0) is 0 Å². The summed E-state index contributed by atoms with van der Waals surface area (Å²) in [7, 11) is 1.54. The third-order valence-corrected chi connectivity index (χ3v) is 3.46. The topological polar surface area (TPSA) is 33.3 Å². The van der Waals surface area contributed by atoms with E-state index in [0.29, 0.717) is 22.1 Å². The highest BCUT2D eigenvalue weighted by Crippen LogP contribution is 2.31. The predicted octanol–water partition coefficient (Wildman–Crippen LogP) is 4.61. The number of ether oxygens (including phenoxy) is 1. The van der Waals surface area contributed by atoms with Gasteiger partial charge >= 0.3 is 0 Å². The van der Waals surface area contributed by atoms with Gasteiger partial charge in [0.1, 0.15) is 11.6 Å². The van der Waals surface area contributed by atoms with Gasteiger partial charge in [-0.25, -0.2) is 4.39 Å². The van der Waals surface area contributed by atoms with Gasteiger partial charge in [0.05, 0.1) is 18.5 Å². The lowest BCUT2D eigenvalue weighted by molar-refractivity contribution is 0.417. The Kier molecular flexibility index (Phi) is 4.98. The van der Waals surface area contributed by atoms with Crippen molar-refractivity contribution in [2.24, 2.45) is 0 Å². The molecular formula is C15H14ClFN2OS. The monoisotopic (exact) mass is 324 g/mol. The van der Waals surface area contributed by atoms with Gasteiger partial charge in [-0.05, 0) is 42.9 Å². The Hall–Kier alpha value is -1.85. The highest BCUT2D eigenvalue weighted by Gasteiger charge is 2.09. The van der Waals surface area contributed by atoms with Gasteiger partial charge in [0, 0.05) is 11.1 Å². The predicted molar refractivity (Wildman–Crippen MR) is 89.0 cm³/mol. The Morgan fingerprint density at radius 3 is 2.52 bits per heavy atom. The van der Waals surface area contributed by atoms with Crippen LogP contribution in [0.4, 0.5) is 15.8 Å². The van der Waals surface area contributed by atoms with E-state index in [1.807, 2.05) is 13.0 Å². The zero-order chi connectivity index (χ0) is 15.4. The number of methoxy groups -OCH3 is 1. The maximum absolute atomic E-state index is 13.6. The number of benzene rings is 2. The second-order valence-electron chi connectivity index (χ2n) is 4.36. The van der Waals surface area contributed by atoms with Crippen molar-refractivity contribution in [1.29, 1.82) is 0 Å². The average Bonchev–Trinajstić information content (AvgIpc) is 2.45. The second kappa shape index (κ2) is 6.74. The Morgan fingerprint density at radius 1 is 1.19 bits per heavy atom. The van der Waals surface area contributed by atoms with E-state index < -0.39 is 0 Å². The lowest BCUT2D eigenvalue weighted by Crippen LogP contribution is -2.20. The maximum atomic E-state index is 13.6. The molecule has 0 amide bonds. The number of nitrogens with one attached hydrogen (secondary N) is 2. The highest BCUT2D eigenvalue weighted by atomic mass is 35.5. The molecule has 0 aromatic heterocycles. The molecule has 110 valence electrons. The molecule has 0 heterocycles. The molecule has 6 heteroatoms. The van der Waals surface area contributed by atoms with Crippen molar-refractivity contribution in [2.75, 3.05) is 17.7 Å². The van der Waals surface area contributed by atoms with E-state index in [-0.39, 0.29) is 10.9 Å². The summed E-state index contributed by atoms with van der Waals surface area (Å²) in [4.78, 5) is 0. The number of halogens is 2. The van der Waals surface area contributed by atoms with E-state index in [0.717, 1.165) is 5.56 Å². The van der Waals surface area contributed by atoms with Crippen LogP contribution in [0, 0.1) is 12.7 Å². The van der Waals surface area contributed by atoms with Gasteiger partial charge in [-0.15, -0.1) is 0 Å². The fourth-order valence-corrected chi connectivity index (χ4v) is 2.14. The minimum absolute atomic E-state index is 0.264. The van der Waals surface area contributed by atoms with Crippen molar-refractivity contribution in [3.63, 3.8) is 0 Å². The first-order valence-corrected chi connectivity index (χ1v) is 6.96. The van der Waals surface area contributed by atoms with Crippen molar-refractivity contribution in [3.05, 3.63) is 52.8 Å². The lowest BCUT2D eigenvalue weighted by atomic mass is 10.2. The van der Waals surface area contributed by atoms with Gasteiger partial charge in [-0.3, -0.25) is 0 Å². The molecule has 3 nitrogen and oxygen atoms in total. The van der Waals surface area contributed by atoms with Crippen LogP contribution in [0.3, 0.4) is 0 Å². The summed E-state index contributed by atoms with van der Waals surface area (Å²) >= 11 is 11.2. The van der Waals surface area contributed by atoms with Crippen LogP contribution in [0.1, 0.15) is 5.56 Å². The molecule has 0 radical (unpaired) electrons. The Balaban J connectivity index is 2.17. The minimum Gasteiger partial charge on any atom is -0.495 e. The molecule has 0 aliphatic carbocycles. The molecule has 2 aromatic carbocycles. The van der Waals surface area contributed by atoms with Crippen molar-refractivity contribution in [3.8, 4) is 5.75 Å². The largest absolute Gasteiger partial charge is 0.495 e. The van der Waals surface area contributed by atoms with E-state index in [9.17, 15) is 4.39 Å². The first kappa shape index (κ1) is 15.5. The third kappa shape index (κ3) is 3.83. The maximum Gasteiger partial charge on any atom is 0.175 e.